The van der Waals surface area contributed by atoms with Gasteiger partial charge in [0, 0.05) is 6.20 Å². The molecule has 0 saturated carbocycles. The molecule has 1 amide bonds. The second-order valence-corrected chi connectivity index (χ2v) is 4.75. The van der Waals surface area contributed by atoms with E-state index in [0.29, 0.717) is 6.20 Å². The van der Waals surface area contributed by atoms with Crippen molar-refractivity contribution in [2.24, 2.45) is 5.73 Å². The maximum Gasteiger partial charge on any atom is 0.421 e. The van der Waals surface area contributed by atoms with Gasteiger partial charge in [-0.25, -0.2) is 9.97 Å². The molecule has 2 aromatic heterocycles. The monoisotopic (exact) mass is 302 g/mol. The van der Waals surface area contributed by atoms with Crippen LogP contribution in [0.25, 0.3) is 0 Å². The fourth-order valence-corrected chi connectivity index (χ4v) is 2.20. The summed E-state index contributed by atoms with van der Waals surface area (Å²) in [7, 11) is 0. The first-order valence-electron chi connectivity index (χ1n) is 5.34. The third-order valence-electron chi connectivity index (χ3n) is 2.36. The molecule has 9 heteroatoms. The number of amides is 1. The normalized spacial score (nSPS) is 11.4. The SMILES string of the molecule is Cc1ncc(C(F)(F)F)c(Nc2ccsc2C(N)=O)n1. The van der Waals surface area contributed by atoms with Gasteiger partial charge in [-0.05, 0) is 18.4 Å². The van der Waals surface area contributed by atoms with Crippen LogP contribution in [0.4, 0.5) is 24.7 Å². The number of rotatable bonds is 3. The minimum Gasteiger partial charge on any atom is -0.365 e. The van der Waals surface area contributed by atoms with Crippen molar-refractivity contribution in [2.75, 3.05) is 5.32 Å². The number of carbonyl (C=O) groups is 1. The van der Waals surface area contributed by atoms with Gasteiger partial charge in [0.15, 0.2) is 0 Å². The summed E-state index contributed by atoms with van der Waals surface area (Å²) in [5, 5.41) is 4.03. The first kappa shape index (κ1) is 14.3. The van der Waals surface area contributed by atoms with Gasteiger partial charge in [-0.15, -0.1) is 11.3 Å². The summed E-state index contributed by atoms with van der Waals surface area (Å²) in [6, 6.07) is 1.46. The van der Waals surface area contributed by atoms with Crippen molar-refractivity contribution in [3.05, 3.63) is 33.9 Å². The Morgan fingerprint density at radius 1 is 1.45 bits per heavy atom. The molecule has 106 valence electrons. The smallest absolute Gasteiger partial charge is 0.365 e. The van der Waals surface area contributed by atoms with Gasteiger partial charge in [0.25, 0.3) is 5.91 Å². The van der Waals surface area contributed by atoms with Gasteiger partial charge in [0.1, 0.15) is 22.1 Å². The molecule has 0 atom stereocenters. The number of halogens is 3. The van der Waals surface area contributed by atoms with E-state index >= 15 is 0 Å². The van der Waals surface area contributed by atoms with E-state index in [9.17, 15) is 18.0 Å². The Morgan fingerprint density at radius 2 is 2.15 bits per heavy atom. The summed E-state index contributed by atoms with van der Waals surface area (Å²) >= 11 is 1.03. The molecule has 2 aromatic rings. The van der Waals surface area contributed by atoms with Crippen LogP contribution < -0.4 is 11.1 Å². The molecule has 0 aromatic carbocycles. The minimum absolute atomic E-state index is 0.134. The zero-order valence-electron chi connectivity index (χ0n) is 10.2. The maximum atomic E-state index is 12.9. The molecule has 5 nitrogen and oxygen atoms in total. The second-order valence-electron chi connectivity index (χ2n) is 3.83. The Morgan fingerprint density at radius 3 is 2.75 bits per heavy atom. The summed E-state index contributed by atoms with van der Waals surface area (Å²) in [5.74, 6) is -0.955. The molecule has 2 heterocycles. The minimum atomic E-state index is -4.60. The van der Waals surface area contributed by atoms with Gasteiger partial charge < -0.3 is 11.1 Å². The summed E-state index contributed by atoms with van der Waals surface area (Å²) in [6.07, 6.45) is -3.90. The van der Waals surface area contributed by atoms with Crippen LogP contribution in [0, 0.1) is 6.92 Å². The molecular formula is C11H9F3N4OS. The van der Waals surface area contributed by atoms with E-state index in [-0.39, 0.29) is 16.4 Å². The number of thiophene rings is 1. The lowest BCUT2D eigenvalue weighted by Crippen LogP contribution is -2.14. The second kappa shape index (κ2) is 5.08. The van der Waals surface area contributed by atoms with E-state index in [1.165, 1.54) is 13.0 Å². The van der Waals surface area contributed by atoms with Crippen LogP contribution in [0.1, 0.15) is 21.1 Å². The molecule has 0 saturated heterocycles. The van der Waals surface area contributed by atoms with Crippen molar-refractivity contribution in [1.29, 1.82) is 0 Å². The highest BCUT2D eigenvalue weighted by Gasteiger charge is 2.35. The van der Waals surface area contributed by atoms with Crippen LogP contribution in [0.3, 0.4) is 0 Å². The lowest BCUT2D eigenvalue weighted by atomic mass is 10.2. The highest BCUT2D eigenvalue weighted by atomic mass is 32.1. The van der Waals surface area contributed by atoms with Gasteiger partial charge in [0.05, 0.1) is 5.69 Å². The molecule has 0 unspecified atom stereocenters. The van der Waals surface area contributed by atoms with Crippen molar-refractivity contribution < 1.29 is 18.0 Å². The van der Waals surface area contributed by atoms with Crippen LogP contribution >= 0.6 is 11.3 Å². The molecule has 0 aliphatic rings. The first-order valence-corrected chi connectivity index (χ1v) is 6.22. The van der Waals surface area contributed by atoms with Gasteiger partial charge in [-0.1, -0.05) is 0 Å². The third kappa shape index (κ3) is 2.87. The van der Waals surface area contributed by atoms with E-state index in [1.807, 2.05) is 0 Å². The van der Waals surface area contributed by atoms with Crippen molar-refractivity contribution in [3.8, 4) is 0 Å². The number of hydrogen-bond acceptors (Lipinski definition) is 5. The Kier molecular flexibility index (Phi) is 3.62. The highest BCUT2D eigenvalue weighted by Crippen LogP contribution is 2.35. The van der Waals surface area contributed by atoms with Crippen molar-refractivity contribution in [3.63, 3.8) is 0 Å². The van der Waals surface area contributed by atoms with Gasteiger partial charge >= 0.3 is 6.18 Å². The van der Waals surface area contributed by atoms with E-state index < -0.39 is 23.5 Å². The molecular weight excluding hydrogens is 293 g/mol. The largest absolute Gasteiger partial charge is 0.421 e. The molecule has 2 rings (SSSR count). The zero-order chi connectivity index (χ0) is 14.9. The van der Waals surface area contributed by atoms with E-state index in [1.54, 1.807) is 5.38 Å². The first-order chi connectivity index (χ1) is 9.29. The highest BCUT2D eigenvalue weighted by molar-refractivity contribution is 7.12. The number of carbonyl (C=O) groups excluding carboxylic acids is 1. The molecule has 0 spiro atoms. The Balaban J connectivity index is 2.45. The van der Waals surface area contributed by atoms with Crippen LogP contribution in [-0.2, 0) is 6.18 Å². The summed E-state index contributed by atoms with van der Waals surface area (Å²) < 4.78 is 38.6. The molecule has 3 N–H and O–H groups in total. The average molecular weight is 302 g/mol. The van der Waals surface area contributed by atoms with Crippen molar-refractivity contribution in [1.82, 2.24) is 9.97 Å². The zero-order valence-corrected chi connectivity index (χ0v) is 11.0. The Hall–Kier alpha value is -2.16. The van der Waals surface area contributed by atoms with Crippen molar-refractivity contribution >= 4 is 28.7 Å². The number of nitrogens with zero attached hydrogens (tertiary/aromatic N) is 2. The molecule has 0 aliphatic heterocycles. The number of aryl methyl sites for hydroxylation is 1. The number of alkyl halides is 3. The maximum absolute atomic E-state index is 12.9. The molecule has 0 bridgehead atoms. The Bertz CT molecular complexity index is 653. The predicted molar refractivity (Wildman–Crippen MR) is 67.9 cm³/mol. The van der Waals surface area contributed by atoms with Crippen LogP contribution in [0.5, 0.6) is 0 Å². The van der Waals surface area contributed by atoms with Gasteiger partial charge in [0.2, 0.25) is 0 Å². The number of nitrogens with two attached hydrogens (primary N) is 1. The van der Waals surface area contributed by atoms with Gasteiger partial charge in [-0.3, -0.25) is 4.79 Å². The van der Waals surface area contributed by atoms with Crippen LogP contribution in [-0.4, -0.2) is 15.9 Å². The van der Waals surface area contributed by atoms with E-state index in [2.05, 4.69) is 15.3 Å². The lowest BCUT2D eigenvalue weighted by Gasteiger charge is -2.13. The summed E-state index contributed by atoms with van der Waals surface area (Å²) in [4.78, 5) is 18.6. The quantitative estimate of drug-likeness (QED) is 0.913. The lowest BCUT2D eigenvalue weighted by molar-refractivity contribution is -0.137. The van der Waals surface area contributed by atoms with E-state index in [4.69, 9.17) is 5.73 Å². The fourth-order valence-electron chi connectivity index (χ4n) is 1.50. The third-order valence-corrected chi connectivity index (χ3v) is 3.29. The van der Waals surface area contributed by atoms with Crippen LogP contribution in [0.15, 0.2) is 17.6 Å². The fraction of sp³-hybridized carbons (Fsp3) is 0.182. The molecule has 0 fully saturated rings. The average Bonchev–Trinajstić information content (AvgIpc) is 2.75. The summed E-state index contributed by atoms with van der Waals surface area (Å²) in [6.45, 7) is 1.47. The topological polar surface area (TPSA) is 80.9 Å². The number of nitrogens with one attached hydrogen (secondary N) is 1. The predicted octanol–water partition coefficient (Wildman–Crippen LogP) is 2.71. The Labute approximate surface area is 115 Å². The van der Waals surface area contributed by atoms with E-state index in [0.717, 1.165) is 11.3 Å². The standard InChI is InChI=1S/C11H9F3N4OS/c1-5-16-4-6(11(12,13)14)10(17-5)18-7-2-3-20-8(7)9(15)19/h2-4H,1H3,(H2,15,19)(H,16,17,18). The number of hydrogen-bond donors (Lipinski definition) is 2. The van der Waals surface area contributed by atoms with Gasteiger partial charge in [-0.2, -0.15) is 13.2 Å². The number of aromatic nitrogens is 2. The summed E-state index contributed by atoms with van der Waals surface area (Å²) in [5.41, 5.74) is 4.32. The molecule has 0 aliphatic carbocycles. The van der Waals surface area contributed by atoms with Crippen molar-refractivity contribution in [2.45, 2.75) is 13.1 Å². The molecule has 0 radical (unpaired) electrons. The van der Waals surface area contributed by atoms with Crippen LogP contribution in [0.2, 0.25) is 0 Å². The molecule has 20 heavy (non-hydrogen) atoms. The number of primary amides is 1. The number of anilines is 2.